The Balaban J connectivity index is 2.09. The Hall–Kier alpha value is -1.65. The van der Waals surface area contributed by atoms with Gasteiger partial charge in [0.15, 0.2) is 0 Å². The lowest BCUT2D eigenvalue weighted by molar-refractivity contribution is 0.436. The number of halogens is 1. The SMILES string of the molecule is CCCNCc1cnc(Oc2ccc(Cl)cc2C)nc1C. The first-order valence-electron chi connectivity index (χ1n) is 7.07. The van der Waals surface area contributed by atoms with Gasteiger partial charge in [-0.1, -0.05) is 18.5 Å². The van der Waals surface area contributed by atoms with Crippen molar-refractivity contribution in [2.75, 3.05) is 6.54 Å². The second-order valence-corrected chi connectivity index (χ2v) is 5.39. The zero-order valence-electron chi connectivity index (χ0n) is 12.6. The van der Waals surface area contributed by atoms with Gasteiger partial charge in [-0.15, -0.1) is 0 Å². The standard InChI is InChI=1S/C16H20ClN3O/c1-4-7-18-9-13-10-19-16(20-12(13)3)21-15-6-5-14(17)8-11(15)2/h5-6,8,10,18H,4,7,9H2,1-3H3. The largest absolute Gasteiger partial charge is 0.424 e. The molecular weight excluding hydrogens is 286 g/mol. The smallest absolute Gasteiger partial charge is 0.322 e. The van der Waals surface area contributed by atoms with E-state index in [1.807, 2.05) is 32.2 Å². The molecule has 0 amide bonds. The third-order valence-corrected chi connectivity index (χ3v) is 3.37. The molecule has 0 aliphatic carbocycles. The molecule has 0 saturated heterocycles. The minimum absolute atomic E-state index is 0.358. The van der Waals surface area contributed by atoms with E-state index in [1.165, 1.54) is 0 Å². The van der Waals surface area contributed by atoms with E-state index < -0.39 is 0 Å². The van der Waals surface area contributed by atoms with Crippen molar-refractivity contribution in [3.05, 3.63) is 46.2 Å². The molecule has 0 atom stereocenters. The number of nitrogens with one attached hydrogen (secondary N) is 1. The van der Waals surface area contributed by atoms with Crippen molar-refractivity contribution >= 4 is 11.6 Å². The molecule has 0 aliphatic heterocycles. The quantitative estimate of drug-likeness (QED) is 0.818. The lowest BCUT2D eigenvalue weighted by atomic mass is 10.2. The van der Waals surface area contributed by atoms with E-state index in [9.17, 15) is 0 Å². The molecular formula is C16H20ClN3O. The molecule has 0 aliphatic rings. The lowest BCUT2D eigenvalue weighted by Gasteiger charge is -2.10. The Morgan fingerprint density at radius 3 is 2.76 bits per heavy atom. The van der Waals surface area contributed by atoms with Crippen molar-refractivity contribution < 1.29 is 4.74 Å². The van der Waals surface area contributed by atoms with Crippen LogP contribution in [0.25, 0.3) is 0 Å². The van der Waals surface area contributed by atoms with Gasteiger partial charge in [-0.2, -0.15) is 4.98 Å². The van der Waals surface area contributed by atoms with E-state index in [2.05, 4.69) is 22.2 Å². The van der Waals surface area contributed by atoms with Crippen LogP contribution in [0.3, 0.4) is 0 Å². The fraction of sp³-hybridized carbons (Fsp3) is 0.375. The number of nitrogens with zero attached hydrogens (tertiary/aromatic N) is 2. The Bertz CT molecular complexity index is 616. The predicted octanol–water partition coefficient (Wildman–Crippen LogP) is 4.04. The van der Waals surface area contributed by atoms with Gasteiger partial charge in [0.05, 0.1) is 0 Å². The minimum atomic E-state index is 0.358. The third kappa shape index (κ3) is 4.41. The highest BCUT2D eigenvalue weighted by Gasteiger charge is 2.07. The van der Waals surface area contributed by atoms with E-state index in [0.717, 1.165) is 42.1 Å². The molecule has 21 heavy (non-hydrogen) atoms. The zero-order valence-corrected chi connectivity index (χ0v) is 13.4. The summed E-state index contributed by atoms with van der Waals surface area (Å²) in [7, 11) is 0. The first-order chi connectivity index (χ1) is 10.1. The van der Waals surface area contributed by atoms with Crippen molar-refractivity contribution in [3.8, 4) is 11.8 Å². The molecule has 2 aromatic rings. The molecule has 5 heteroatoms. The Morgan fingerprint density at radius 1 is 1.29 bits per heavy atom. The minimum Gasteiger partial charge on any atom is -0.424 e. The summed E-state index contributed by atoms with van der Waals surface area (Å²) in [5.74, 6) is 0.718. The van der Waals surface area contributed by atoms with Crippen molar-refractivity contribution in [2.24, 2.45) is 0 Å². The topological polar surface area (TPSA) is 47.0 Å². The molecule has 0 spiro atoms. The first-order valence-corrected chi connectivity index (χ1v) is 7.45. The summed E-state index contributed by atoms with van der Waals surface area (Å²) in [6, 6.07) is 5.83. The number of benzene rings is 1. The second-order valence-electron chi connectivity index (χ2n) is 4.95. The van der Waals surface area contributed by atoms with Gasteiger partial charge in [-0.3, -0.25) is 0 Å². The van der Waals surface area contributed by atoms with Gasteiger partial charge < -0.3 is 10.1 Å². The molecule has 0 saturated carbocycles. The Labute approximate surface area is 130 Å². The summed E-state index contributed by atoms with van der Waals surface area (Å²) in [5.41, 5.74) is 2.97. The summed E-state index contributed by atoms with van der Waals surface area (Å²) >= 11 is 5.93. The Morgan fingerprint density at radius 2 is 2.10 bits per heavy atom. The van der Waals surface area contributed by atoms with Crippen LogP contribution < -0.4 is 10.1 Å². The monoisotopic (exact) mass is 305 g/mol. The molecule has 0 bridgehead atoms. The number of rotatable bonds is 6. The molecule has 0 fully saturated rings. The number of aryl methyl sites for hydroxylation is 2. The second kappa shape index (κ2) is 7.38. The van der Waals surface area contributed by atoms with Crippen LogP contribution in [0.1, 0.15) is 30.2 Å². The molecule has 1 aromatic carbocycles. The molecule has 112 valence electrons. The van der Waals surface area contributed by atoms with Gasteiger partial charge in [0.25, 0.3) is 0 Å². The van der Waals surface area contributed by atoms with Gasteiger partial charge in [0.1, 0.15) is 5.75 Å². The van der Waals surface area contributed by atoms with Crippen molar-refractivity contribution in [2.45, 2.75) is 33.7 Å². The highest BCUT2D eigenvalue weighted by atomic mass is 35.5. The van der Waals surface area contributed by atoms with Gasteiger partial charge in [-0.05, 0) is 50.6 Å². The van der Waals surface area contributed by atoms with E-state index in [-0.39, 0.29) is 0 Å². The van der Waals surface area contributed by atoms with Gasteiger partial charge in [0, 0.05) is 29.0 Å². The summed E-state index contributed by atoms with van der Waals surface area (Å²) in [5, 5.41) is 4.03. The Kier molecular flexibility index (Phi) is 5.53. The fourth-order valence-corrected chi connectivity index (χ4v) is 2.15. The summed E-state index contributed by atoms with van der Waals surface area (Å²) in [6.45, 7) is 7.81. The maximum absolute atomic E-state index is 5.93. The first kappa shape index (κ1) is 15.7. The average molecular weight is 306 g/mol. The van der Waals surface area contributed by atoms with Crippen molar-refractivity contribution in [3.63, 3.8) is 0 Å². The number of aromatic nitrogens is 2. The maximum atomic E-state index is 5.93. The zero-order chi connectivity index (χ0) is 15.2. The summed E-state index contributed by atoms with van der Waals surface area (Å²) in [6.07, 6.45) is 2.92. The van der Waals surface area contributed by atoms with E-state index in [1.54, 1.807) is 6.07 Å². The molecule has 0 unspecified atom stereocenters. The van der Waals surface area contributed by atoms with Crippen LogP contribution in [0.5, 0.6) is 11.8 Å². The highest BCUT2D eigenvalue weighted by Crippen LogP contribution is 2.25. The van der Waals surface area contributed by atoms with E-state index in [0.29, 0.717) is 11.0 Å². The highest BCUT2D eigenvalue weighted by molar-refractivity contribution is 6.30. The van der Waals surface area contributed by atoms with E-state index in [4.69, 9.17) is 16.3 Å². The van der Waals surface area contributed by atoms with Crippen molar-refractivity contribution in [1.29, 1.82) is 0 Å². The molecule has 2 rings (SSSR count). The maximum Gasteiger partial charge on any atom is 0.322 e. The predicted molar refractivity (Wildman–Crippen MR) is 85.0 cm³/mol. The molecule has 1 N–H and O–H groups in total. The van der Waals surface area contributed by atoms with Crippen LogP contribution in [0.15, 0.2) is 24.4 Å². The summed E-state index contributed by atoms with van der Waals surface area (Å²) < 4.78 is 5.72. The molecule has 4 nitrogen and oxygen atoms in total. The number of ether oxygens (including phenoxy) is 1. The summed E-state index contributed by atoms with van der Waals surface area (Å²) in [4.78, 5) is 8.68. The van der Waals surface area contributed by atoms with E-state index >= 15 is 0 Å². The van der Waals surface area contributed by atoms with Crippen LogP contribution in [0, 0.1) is 13.8 Å². The van der Waals surface area contributed by atoms with Gasteiger partial charge in [-0.25, -0.2) is 4.98 Å². The van der Waals surface area contributed by atoms with Crippen LogP contribution >= 0.6 is 11.6 Å². The van der Waals surface area contributed by atoms with Crippen LogP contribution in [0.2, 0.25) is 5.02 Å². The molecule has 1 heterocycles. The lowest BCUT2D eigenvalue weighted by Crippen LogP contribution is -2.15. The fourth-order valence-electron chi connectivity index (χ4n) is 1.92. The molecule has 1 aromatic heterocycles. The number of hydrogen-bond acceptors (Lipinski definition) is 4. The molecule has 0 radical (unpaired) electrons. The van der Waals surface area contributed by atoms with Crippen molar-refractivity contribution in [1.82, 2.24) is 15.3 Å². The third-order valence-electron chi connectivity index (χ3n) is 3.14. The average Bonchev–Trinajstić information content (AvgIpc) is 2.44. The normalized spacial score (nSPS) is 10.7. The van der Waals surface area contributed by atoms with Crippen LogP contribution in [0.4, 0.5) is 0 Å². The van der Waals surface area contributed by atoms with Crippen LogP contribution in [-0.4, -0.2) is 16.5 Å². The van der Waals surface area contributed by atoms with Gasteiger partial charge >= 0.3 is 6.01 Å². The number of hydrogen-bond donors (Lipinski definition) is 1. The van der Waals surface area contributed by atoms with Crippen LogP contribution in [-0.2, 0) is 6.54 Å². The van der Waals surface area contributed by atoms with Gasteiger partial charge in [0.2, 0.25) is 0 Å².